The predicted molar refractivity (Wildman–Crippen MR) is 75.8 cm³/mol. The number of carbonyl (C=O) groups is 1. The van der Waals surface area contributed by atoms with Gasteiger partial charge in [-0.2, -0.15) is 0 Å². The Bertz CT molecular complexity index is 660. The van der Waals surface area contributed by atoms with Crippen molar-refractivity contribution in [3.8, 4) is 0 Å². The minimum atomic E-state index is -4.26. The maximum atomic E-state index is 13.6. The van der Waals surface area contributed by atoms with E-state index in [0.29, 0.717) is 6.07 Å². The highest BCUT2D eigenvalue weighted by molar-refractivity contribution is 8.13. The molecule has 0 aliphatic heterocycles. The first-order chi connectivity index (χ1) is 9.48. The fourth-order valence-corrected chi connectivity index (χ4v) is 2.18. The maximum Gasteiger partial charge on any atom is 0.261 e. The molecule has 0 atom stereocenters. The summed E-state index contributed by atoms with van der Waals surface area (Å²) in [6.45, 7) is 5.95. The Morgan fingerprint density at radius 1 is 1.33 bits per heavy atom. The van der Waals surface area contributed by atoms with Crippen LogP contribution in [-0.2, 0) is 9.05 Å². The van der Waals surface area contributed by atoms with E-state index in [1.54, 1.807) is 0 Å². The lowest BCUT2D eigenvalue weighted by molar-refractivity contribution is 0.0930. The Balaban J connectivity index is 3.13. The van der Waals surface area contributed by atoms with Gasteiger partial charge >= 0.3 is 0 Å². The number of hydrogen-bond acceptors (Lipinski definition) is 3. The Labute approximate surface area is 126 Å². The summed E-state index contributed by atoms with van der Waals surface area (Å²) in [6, 6.07) is 1.15. The molecule has 0 fully saturated rings. The van der Waals surface area contributed by atoms with Crippen LogP contribution >= 0.6 is 10.7 Å². The Kier molecular flexibility index (Phi) is 5.33. The zero-order valence-corrected chi connectivity index (χ0v) is 13.4. The van der Waals surface area contributed by atoms with E-state index in [2.05, 4.69) is 5.32 Å². The van der Waals surface area contributed by atoms with E-state index in [0.717, 1.165) is 12.5 Å². The highest BCUT2D eigenvalue weighted by Gasteiger charge is 2.23. The molecule has 0 saturated carbocycles. The number of benzene rings is 1. The Morgan fingerprint density at radius 2 is 1.90 bits per heavy atom. The molecule has 0 aliphatic rings. The summed E-state index contributed by atoms with van der Waals surface area (Å²) in [5, 5.41) is 2.45. The predicted octanol–water partition coefficient (Wildman–Crippen LogP) is 3.06. The second-order valence-electron chi connectivity index (χ2n) is 5.40. The van der Waals surface area contributed by atoms with Crippen molar-refractivity contribution in [1.29, 1.82) is 0 Å². The van der Waals surface area contributed by atoms with Gasteiger partial charge in [-0.25, -0.2) is 17.2 Å². The molecule has 0 aliphatic carbocycles. The third kappa shape index (κ3) is 4.64. The molecule has 21 heavy (non-hydrogen) atoms. The number of hydrogen-bond donors (Lipinski definition) is 1. The van der Waals surface area contributed by atoms with Gasteiger partial charge in [-0.05, 0) is 24.0 Å². The van der Waals surface area contributed by atoms with Crippen molar-refractivity contribution in [2.24, 2.45) is 5.41 Å². The van der Waals surface area contributed by atoms with Gasteiger partial charge in [-0.15, -0.1) is 0 Å². The highest BCUT2D eigenvalue weighted by Crippen LogP contribution is 2.22. The molecule has 0 saturated heterocycles. The topological polar surface area (TPSA) is 63.2 Å². The standard InChI is InChI=1S/C13H16ClF2NO3S/c1-4-13(2,3)7-17-12(18)9-5-8(21(14,19)20)6-10(15)11(9)16/h5-6H,4,7H2,1-3H3,(H,17,18). The summed E-state index contributed by atoms with van der Waals surface area (Å²) in [6.07, 6.45) is 0.764. The molecule has 0 aromatic heterocycles. The molecule has 0 unspecified atom stereocenters. The lowest BCUT2D eigenvalue weighted by Gasteiger charge is -2.22. The number of amides is 1. The van der Waals surface area contributed by atoms with Gasteiger partial charge in [0.1, 0.15) is 0 Å². The monoisotopic (exact) mass is 339 g/mol. The van der Waals surface area contributed by atoms with Gasteiger partial charge in [0.15, 0.2) is 11.6 Å². The number of halogens is 3. The molecule has 1 amide bonds. The minimum absolute atomic E-state index is 0.221. The van der Waals surface area contributed by atoms with Gasteiger partial charge in [0, 0.05) is 17.2 Å². The number of rotatable bonds is 5. The molecule has 4 nitrogen and oxygen atoms in total. The van der Waals surface area contributed by atoms with E-state index in [1.807, 2.05) is 20.8 Å². The summed E-state index contributed by atoms with van der Waals surface area (Å²) < 4.78 is 49.4. The van der Waals surface area contributed by atoms with Crippen molar-refractivity contribution in [2.75, 3.05) is 6.54 Å². The molecule has 0 spiro atoms. The van der Waals surface area contributed by atoms with Crippen LogP contribution in [0.5, 0.6) is 0 Å². The van der Waals surface area contributed by atoms with E-state index in [4.69, 9.17) is 10.7 Å². The zero-order valence-electron chi connectivity index (χ0n) is 11.8. The first-order valence-electron chi connectivity index (χ1n) is 6.20. The molecule has 0 bridgehead atoms. The van der Waals surface area contributed by atoms with E-state index < -0.39 is 37.1 Å². The minimum Gasteiger partial charge on any atom is -0.351 e. The summed E-state index contributed by atoms with van der Waals surface area (Å²) in [5.74, 6) is -3.75. The second-order valence-corrected chi connectivity index (χ2v) is 7.97. The zero-order chi connectivity index (χ0) is 16.4. The maximum absolute atomic E-state index is 13.6. The van der Waals surface area contributed by atoms with Crippen LogP contribution in [0.2, 0.25) is 0 Å². The average Bonchev–Trinajstić information content (AvgIpc) is 2.38. The van der Waals surface area contributed by atoms with Crippen LogP contribution in [0.15, 0.2) is 17.0 Å². The van der Waals surface area contributed by atoms with Crippen molar-refractivity contribution in [3.63, 3.8) is 0 Å². The third-order valence-electron chi connectivity index (χ3n) is 3.21. The number of carbonyl (C=O) groups excluding carboxylic acids is 1. The summed E-state index contributed by atoms with van der Waals surface area (Å²) >= 11 is 0. The van der Waals surface area contributed by atoms with Gasteiger partial charge in [0.25, 0.3) is 15.0 Å². The SMILES string of the molecule is CCC(C)(C)CNC(=O)c1cc(S(=O)(=O)Cl)cc(F)c1F. The van der Waals surface area contributed by atoms with Crippen molar-refractivity contribution in [2.45, 2.75) is 32.1 Å². The molecule has 0 radical (unpaired) electrons. The molecule has 1 aromatic rings. The van der Waals surface area contributed by atoms with E-state index in [1.165, 1.54) is 0 Å². The van der Waals surface area contributed by atoms with Gasteiger partial charge < -0.3 is 5.32 Å². The number of nitrogens with one attached hydrogen (secondary N) is 1. The van der Waals surface area contributed by atoms with Gasteiger partial charge in [-0.3, -0.25) is 4.79 Å². The molecule has 8 heteroatoms. The van der Waals surface area contributed by atoms with Crippen molar-refractivity contribution in [3.05, 3.63) is 29.3 Å². The fraction of sp³-hybridized carbons (Fsp3) is 0.462. The first kappa shape index (κ1) is 17.8. The molecule has 0 heterocycles. The quantitative estimate of drug-likeness (QED) is 0.839. The van der Waals surface area contributed by atoms with Gasteiger partial charge in [-0.1, -0.05) is 20.8 Å². The van der Waals surface area contributed by atoms with Gasteiger partial charge in [0.05, 0.1) is 10.5 Å². The van der Waals surface area contributed by atoms with Crippen molar-refractivity contribution < 1.29 is 22.0 Å². The van der Waals surface area contributed by atoms with E-state index >= 15 is 0 Å². The van der Waals surface area contributed by atoms with E-state index in [9.17, 15) is 22.0 Å². The molecular formula is C13H16ClF2NO3S. The van der Waals surface area contributed by atoms with Crippen LogP contribution in [-0.4, -0.2) is 20.9 Å². The summed E-state index contributed by atoms with van der Waals surface area (Å²) in [5.41, 5.74) is -0.915. The first-order valence-corrected chi connectivity index (χ1v) is 8.51. The smallest absolute Gasteiger partial charge is 0.261 e. The lowest BCUT2D eigenvalue weighted by Crippen LogP contribution is -2.34. The second kappa shape index (κ2) is 6.27. The normalized spacial score (nSPS) is 12.3. The van der Waals surface area contributed by atoms with Crippen LogP contribution in [0.3, 0.4) is 0 Å². The largest absolute Gasteiger partial charge is 0.351 e. The van der Waals surface area contributed by atoms with Crippen LogP contribution in [0.25, 0.3) is 0 Å². The molecular weight excluding hydrogens is 324 g/mol. The molecule has 1 rings (SSSR count). The summed E-state index contributed by atoms with van der Waals surface area (Å²) in [4.78, 5) is 11.2. The van der Waals surface area contributed by atoms with Crippen LogP contribution in [0.1, 0.15) is 37.6 Å². The lowest BCUT2D eigenvalue weighted by atomic mass is 9.90. The van der Waals surface area contributed by atoms with Crippen molar-refractivity contribution in [1.82, 2.24) is 5.32 Å². The van der Waals surface area contributed by atoms with Gasteiger partial charge in [0.2, 0.25) is 0 Å². The van der Waals surface area contributed by atoms with E-state index in [-0.39, 0.29) is 12.0 Å². The molecule has 1 aromatic carbocycles. The van der Waals surface area contributed by atoms with Crippen LogP contribution < -0.4 is 5.32 Å². The molecule has 118 valence electrons. The fourth-order valence-electron chi connectivity index (χ4n) is 1.41. The Morgan fingerprint density at radius 3 is 2.38 bits per heavy atom. The molecule has 1 N–H and O–H groups in total. The van der Waals surface area contributed by atoms with Crippen LogP contribution in [0, 0.1) is 17.0 Å². The third-order valence-corrected chi connectivity index (χ3v) is 4.55. The Hall–Kier alpha value is -1.21. The summed E-state index contributed by atoms with van der Waals surface area (Å²) in [7, 11) is 0.822. The van der Waals surface area contributed by atoms with Crippen molar-refractivity contribution >= 4 is 25.6 Å². The average molecular weight is 340 g/mol. The van der Waals surface area contributed by atoms with Crippen LogP contribution in [0.4, 0.5) is 8.78 Å². The highest BCUT2D eigenvalue weighted by atomic mass is 35.7.